The maximum atomic E-state index is 14.0. The summed E-state index contributed by atoms with van der Waals surface area (Å²) < 4.78 is 29.7. The van der Waals surface area contributed by atoms with Gasteiger partial charge in [0, 0.05) is 61.9 Å². The van der Waals surface area contributed by atoms with Gasteiger partial charge in [0.05, 0.1) is 4.90 Å². The summed E-state index contributed by atoms with van der Waals surface area (Å²) in [6, 6.07) is 21.5. The predicted octanol–water partition coefficient (Wildman–Crippen LogP) is 4.82. The highest BCUT2D eigenvalue weighted by atomic mass is 32.2. The Bertz CT molecular complexity index is 1380. The molecule has 5 nitrogen and oxygen atoms in total. The lowest BCUT2D eigenvalue weighted by atomic mass is 9.65. The zero-order valence-electron chi connectivity index (χ0n) is 19.7. The van der Waals surface area contributed by atoms with Crippen molar-refractivity contribution in [3.05, 3.63) is 83.9 Å². The Morgan fingerprint density at radius 3 is 2.44 bits per heavy atom. The fourth-order valence-corrected chi connectivity index (χ4v) is 7.23. The van der Waals surface area contributed by atoms with Gasteiger partial charge in [-0.2, -0.15) is 4.31 Å². The molecule has 0 spiro atoms. The second-order valence-corrected chi connectivity index (χ2v) is 11.6. The van der Waals surface area contributed by atoms with E-state index in [0.717, 1.165) is 28.5 Å². The maximum Gasteiger partial charge on any atom is 0.244 e. The molecule has 1 atom stereocenters. The van der Waals surface area contributed by atoms with E-state index in [1.807, 2.05) is 73.6 Å². The fraction of sp³-hybridized carbons (Fsp3) is 0.321. The zero-order chi connectivity index (χ0) is 23.9. The van der Waals surface area contributed by atoms with E-state index in [-0.39, 0.29) is 11.2 Å². The van der Waals surface area contributed by atoms with E-state index < -0.39 is 10.0 Å². The lowest BCUT2D eigenvalue weighted by Gasteiger charge is -2.45. The third kappa shape index (κ3) is 3.95. The molecule has 1 heterocycles. The molecule has 0 aromatic heterocycles. The lowest BCUT2D eigenvalue weighted by molar-refractivity contribution is -0.120. The van der Waals surface area contributed by atoms with Crippen LogP contribution in [0.25, 0.3) is 10.8 Å². The van der Waals surface area contributed by atoms with Crippen LogP contribution in [0.1, 0.15) is 24.8 Å². The van der Waals surface area contributed by atoms with Crippen LogP contribution in [0.3, 0.4) is 0 Å². The molecule has 0 radical (unpaired) electrons. The topological polar surface area (TPSA) is 57.7 Å². The number of hydrogen-bond donors (Lipinski definition) is 0. The quantitative estimate of drug-likeness (QED) is 0.498. The van der Waals surface area contributed by atoms with Crippen molar-refractivity contribution in [2.75, 3.05) is 32.1 Å². The molecule has 1 unspecified atom stereocenters. The normalized spacial score (nSPS) is 21.2. The minimum absolute atomic E-state index is 0.247. The summed E-state index contributed by atoms with van der Waals surface area (Å²) in [5, 5.41) is 1.66. The largest absolute Gasteiger partial charge is 0.377 e. The predicted molar refractivity (Wildman–Crippen MR) is 137 cm³/mol. The standard InChI is InChI=1S/C28H30N2O3S/c1-29(2)26-12-6-11-25-24(26)10-7-13-27(25)34(32,33)30-17-15-22-18-23(31)14-16-28(22,20-30)19-21-8-4-3-5-9-21/h3-13,15H,14,16-20H2,1-2H3. The van der Waals surface area contributed by atoms with Gasteiger partial charge in [0.1, 0.15) is 5.78 Å². The Hall–Kier alpha value is -2.96. The second-order valence-electron chi connectivity index (χ2n) is 9.71. The van der Waals surface area contributed by atoms with Crippen LogP contribution >= 0.6 is 0 Å². The Kier molecular flexibility index (Phi) is 5.82. The molecule has 1 aliphatic carbocycles. The minimum Gasteiger partial charge on any atom is -0.377 e. The summed E-state index contributed by atoms with van der Waals surface area (Å²) in [4.78, 5) is 14.6. The van der Waals surface area contributed by atoms with Crippen molar-refractivity contribution >= 4 is 32.3 Å². The van der Waals surface area contributed by atoms with Crippen LogP contribution in [-0.2, 0) is 21.2 Å². The molecule has 0 bridgehead atoms. The molecule has 3 aromatic carbocycles. The first-order chi connectivity index (χ1) is 16.3. The average Bonchev–Trinajstić information content (AvgIpc) is 2.83. The maximum absolute atomic E-state index is 14.0. The van der Waals surface area contributed by atoms with Crippen molar-refractivity contribution in [1.29, 1.82) is 0 Å². The number of carbonyl (C=O) groups excluding carboxylic acids is 1. The van der Waals surface area contributed by atoms with Crippen LogP contribution in [-0.4, -0.2) is 45.7 Å². The highest BCUT2D eigenvalue weighted by molar-refractivity contribution is 7.89. The monoisotopic (exact) mass is 474 g/mol. The van der Waals surface area contributed by atoms with E-state index in [0.29, 0.717) is 37.2 Å². The van der Waals surface area contributed by atoms with Crippen molar-refractivity contribution in [3.63, 3.8) is 0 Å². The van der Waals surface area contributed by atoms with Crippen molar-refractivity contribution in [3.8, 4) is 0 Å². The first-order valence-electron chi connectivity index (χ1n) is 11.7. The Morgan fingerprint density at radius 2 is 1.68 bits per heavy atom. The van der Waals surface area contributed by atoms with Gasteiger partial charge in [-0.05, 0) is 30.5 Å². The van der Waals surface area contributed by atoms with Gasteiger partial charge in [-0.1, -0.05) is 66.2 Å². The van der Waals surface area contributed by atoms with Crippen molar-refractivity contribution in [1.82, 2.24) is 4.31 Å². The number of Topliss-reactive ketones (excluding diaryl/α,β-unsaturated/α-hetero) is 1. The third-order valence-electron chi connectivity index (χ3n) is 7.32. The van der Waals surface area contributed by atoms with E-state index >= 15 is 0 Å². The fourth-order valence-electron chi connectivity index (χ4n) is 5.56. The van der Waals surface area contributed by atoms with Gasteiger partial charge in [0.25, 0.3) is 0 Å². The number of benzene rings is 3. The molecule has 1 saturated carbocycles. The summed E-state index contributed by atoms with van der Waals surface area (Å²) in [5.74, 6) is 0.247. The van der Waals surface area contributed by atoms with Crippen LogP contribution in [0, 0.1) is 5.41 Å². The zero-order valence-corrected chi connectivity index (χ0v) is 20.5. The number of carbonyl (C=O) groups is 1. The lowest BCUT2D eigenvalue weighted by Crippen LogP contribution is -2.49. The summed E-state index contributed by atoms with van der Waals surface area (Å²) in [6.45, 7) is 0.693. The second kappa shape index (κ2) is 8.67. The molecule has 2 aliphatic rings. The molecule has 6 heteroatoms. The molecule has 5 rings (SSSR count). The van der Waals surface area contributed by atoms with E-state index in [9.17, 15) is 13.2 Å². The highest BCUT2D eigenvalue weighted by Crippen LogP contribution is 2.46. The third-order valence-corrected chi connectivity index (χ3v) is 9.19. The molecule has 0 saturated heterocycles. The molecule has 3 aromatic rings. The molecule has 0 amide bonds. The number of ketones is 1. The summed E-state index contributed by atoms with van der Waals surface area (Å²) >= 11 is 0. The Balaban J connectivity index is 1.57. The smallest absolute Gasteiger partial charge is 0.244 e. The number of anilines is 1. The van der Waals surface area contributed by atoms with Crippen molar-refractivity contribution < 1.29 is 13.2 Å². The number of sulfonamides is 1. The molecule has 176 valence electrons. The van der Waals surface area contributed by atoms with Crippen LogP contribution in [0.4, 0.5) is 5.69 Å². The summed E-state index contributed by atoms with van der Waals surface area (Å²) in [7, 11) is 0.186. The first-order valence-corrected chi connectivity index (χ1v) is 13.2. The van der Waals surface area contributed by atoms with Crippen molar-refractivity contribution in [2.24, 2.45) is 5.41 Å². The number of hydrogen-bond acceptors (Lipinski definition) is 4. The van der Waals surface area contributed by atoms with Gasteiger partial charge in [-0.15, -0.1) is 0 Å². The first kappa shape index (κ1) is 22.8. The number of rotatable bonds is 5. The summed E-state index contributed by atoms with van der Waals surface area (Å²) in [6.07, 6.45) is 4.34. The van der Waals surface area contributed by atoms with Gasteiger partial charge in [-0.3, -0.25) is 4.79 Å². The molecule has 0 N–H and O–H groups in total. The Morgan fingerprint density at radius 1 is 0.941 bits per heavy atom. The molecule has 34 heavy (non-hydrogen) atoms. The van der Waals surface area contributed by atoms with Crippen LogP contribution < -0.4 is 4.90 Å². The molecule has 1 fully saturated rings. The summed E-state index contributed by atoms with van der Waals surface area (Å²) in [5.41, 5.74) is 2.91. The van der Waals surface area contributed by atoms with Crippen LogP contribution in [0.15, 0.2) is 83.3 Å². The van der Waals surface area contributed by atoms with Crippen LogP contribution in [0.2, 0.25) is 0 Å². The van der Waals surface area contributed by atoms with Gasteiger partial charge >= 0.3 is 0 Å². The van der Waals surface area contributed by atoms with Crippen LogP contribution in [0.5, 0.6) is 0 Å². The molecule has 1 aliphatic heterocycles. The van der Waals surface area contributed by atoms with Gasteiger partial charge in [0.2, 0.25) is 10.0 Å². The Labute approximate surface area is 201 Å². The van der Waals surface area contributed by atoms with E-state index in [2.05, 4.69) is 12.1 Å². The minimum atomic E-state index is -3.74. The molecular formula is C28H30N2O3S. The number of nitrogens with zero attached hydrogens (tertiary/aromatic N) is 2. The average molecular weight is 475 g/mol. The van der Waals surface area contributed by atoms with E-state index in [1.165, 1.54) is 5.56 Å². The van der Waals surface area contributed by atoms with Gasteiger partial charge < -0.3 is 4.90 Å². The van der Waals surface area contributed by atoms with Crippen molar-refractivity contribution in [2.45, 2.75) is 30.6 Å². The van der Waals surface area contributed by atoms with Gasteiger partial charge in [0.15, 0.2) is 0 Å². The SMILES string of the molecule is CN(C)c1cccc2c(S(=O)(=O)N3CC=C4CC(=O)CCC4(Cc4ccccc4)C3)cccc12. The van der Waals surface area contributed by atoms with E-state index in [4.69, 9.17) is 0 Å². The van der Waals surface area contributed by atoms with E-state index in [1.54, 1.807) is 10.4 Å². The highest BCUT2D eigenvalue weighted by Gasteiger charge is 2.45. The number of fused-ring (bicyclic) bond motifs is 2. The van der Waals surface area contributed by atoms with Gasteiger partial charge in [-0.25, -0.2) is 8.42 Å². The molecular weight excluding hydrogens is 444 g/mol.